The number of nitrogens with zero attached hydrogens (tertiary/aromatic N) is 2. The Balaban J connectivity index is 2.60. The van der Waals surface area contributed by atoms with Crippen LogP contribution in [-0.4, -0.2) is 9.85 Å². The van der Waals surface area contributed by atoms with Crippen molar-refractivity contribution >= 4 is 11.4 Å². The van der Waals surface area contributed by atoms with Gasteiger partial charge in [0.05, 0.1) is 22.0 Å². The first-order chi connectivity index (χ1) is 9.54. The average Bonchev–Trinajstić information content (AvgIpc) is 2.42. The van der Waals surface area contributed by atoms with Crippen molar-refractivity contribution in [2.45, 2.75) is 51.9 Å². The molecule has 1 radical (unpaired) electrons. The summed E-state index contributed by atoms with van der Waals surface area (Å²) in [5.41, 5.74) is -0.0296. The molecule has 0 aliphatic carbocycles. The van der Waals surface area contributed by atoms with Crippen molar-refractivity contribution in [2.75, 3.05) is 0 Å². The molecule has 0 N–H and O–H groups in total. The van der Waals surface area contributed by atoms with Crippen LogP contribution in [-0.2, 0) is 6.42 Å². The maximum atomic E-state index is 10.7. The number of nitro benzene ring substituents is 2. The summed E-state index contributed by atoms with van der Waals surface area (Å²) >= 11 is 0. The molecule has 0 aliphatic heterocycles. The summed E-state index contributed by atoms with van der Waals surface area (Å²) in [6, 6.07) is 4.96. The van der Waals surface area contributed by atoms with Gasteiger partial charge in [-0.05, 0) is 18.4 Å². The Morgan fingerprint density at radius 3 is 2.25 bits per heavy atom. The first kappa shape index (κ1) is 16.1. The number of hydrogen-bond acceptors (Lipinski definition) is 4. The number of nitro groups is 2. The zero-order chi connectivity index (χ0) is 15.0. The summed E-state index contributed by atoms with van der Waals surface area (Å²) in [4.78, 5) is 20.2. The lowest BCUT2D eigenvalue weighted by atomic mass is 10.0. The van der Waals surface area contributed by atoms with E-state index in [-0.39, 0.29) is 11.4 Å². The number of non-ortho nitro benzene ring substituents is 2. The quantitative estimate of drug-likeness (QED) is 0.385. The van der Waals surface area contributed by atoms with Crippen LogP contribution in [0.2, 0.25) is 0 Å². The molecular formula is C14H19N2O4. The van der Waals surface area contributed by atoms with Crippen molar-refractivity contribution < 1.29 is 9.85 Å². The second-order valence-corrected chi connectivity index (χ2v) is 4.78. The third-order valence-electron chi connectivity index (χ3n) is 3.10. The summed E-state index contributed by atoms with van der Waals surface area (Å²) in [5.74, 6) is 0. The maximum Gasteiger partial charge on any atom is 0.284 e. The molecule has 6 nitrogen and oxygen atoms in total. The Hall–Kier alpha value is -1.98. The van der Waals surface area contributed by atoms with Gasteiger partial charge in [-0.25, -0.2) is 0 Å². The average molecular weight is 279 g/mol. The molecule has 20 heavy (non-hydrogen) atoms. The van der Waals surface area contributed by atoms with E-state index in [0.29, 0.717) is 12.0 Å². The SMILES string of the molecule is CCCCCCCCc1[c]c([N+](=O)[O-])cc([N+](=O)[O-])c1. The Labute approximate surface area is 118 Å². The highest BCUT2D eigenvalue weighted by molar-refractivity contribution is 5.45. The van der Waals surface area contributed by atoms with Crippen LogP contribution in [0.15, 0.2) is 12.1 Å². The van der Waals surface area contributed by atoms with E-state index in [1.807, 2.05) is 0 Å². The molecule has 0 saturated heterocycles. The van der Waals surface area contributed by atoms with E-state index < -0.39 is 9.85 Å². The van der Waals surface area contributed by atoms with Crippen molar-refractivity contribution in [3.63, 3.8) is 0 Å². The first-order valence-electron chi connectivity index (χ1n) is 6.89. The predicted molar refractivity (Wildman–Crippen MR) is 75.7 cm³/mol. The van der Waals surface area contributed by atoms with Gasteiger partial charge in [0.25, 0.3) is 11.4 Å². The van der Waals surface area contributed by atoms with Crippen LogP contribution in [0.1, 0.15) is 51.0 Å². The Bertz CT molecular complexity index is 442. The topological polar surface area (TPSA) is 86.3 Å². The zero-order valence-corrected chi connectivity index (χ0v) is 11.6. The normalized spacial score (nSPS) is 10.4. The van der Waals surface area contributed by atoms with Gasteiger partial charge in [-0.15, -0.1) is 0 Å². The summed E-state index contributed by atoms with van der Waals surface area (Å²) in [6.07, 6.45) is 7.22. The van der Waals surface area contributed by atoms with Crippen LogP contribution in [0.3, 0.4) is 0 Å². The minimum Gasteiger partial charge on any atom is -0.258 e. The third kappa shape index (κ3) is 5.34. The molecule has 0 amide bonds. The lowest BCUT2D eigenvalue weighted by molar-refractivity contribution is -0.394. The zero-order valence-electron chi connectivity index (χ0n) is 11.6. The van der Waals surface area contributed by atoms with Crippen molar-refractivity contribution in [2.24, 2.45) is 0 Å². The maximum absolute atomic E-state index is 10.7. The summed E-state index contributed by atoms with van der Waals surface area (Å²) in [7, 11) is 0. The summed E-state index contributed by atoms with van der Waals surface area (Å²) in [6.45, 7) is 2.15. The van der Waals surface area contributed by atoms with E-state index in [1.54, 1.807) is 0 Å². The van der Waals surface area contributed by atoms with Gasteiger partial charge < -0.3 is 0 Å². The molecule has 6 heteroatoms. The molecule has 0 aliphatic rings. The summed E-state index contributed by atoms with van der Waals surface area (Å²) in [5, 5.41) is 21.5. The molecule has 109 valence electrons. The van der Waals surface area contributed by atoms with E-state index in [9.17, 15) is 20.2 Å². The highest BCUT2D eigenvalue weighted by atomic mass is 16.6. The second-order valence-electron chi connectivity index (χ2n) is 4.78. The number of unbranched alkanes of at least 4 members (excludes halogenated alkanes) is 5. The van der Waals surface area contributed by atoms with E-state index >= 15 is 0 Å². The standard InChI is InChI=1S/C14H19N2O4/c1-2-3-4-5-6-7-8-12-9-13(15(17)18)11-14(10-12)16(19)20/h9,11H,2-8H2,1H3. The lowest BCUT2D eigenvalue weighted by Gasteiger charge is -2.02. The Kier molecular flexibility index (Phi) is 6.63. The van der Waals surface area contributed by atoms with Gasteiger partial charge in [0, 0.05) is 6.07 Å². The third-order valence-corrected chi connectivity index (χ3v) is 3.10. The van der Waals surface area contributed by atoms with Crippen molar-refractivity contribution in [1.29, 1.82) is 0 Å². The van der Waals surface area contributed by atoms with Crippen LogP contribution < -0.4 is 0 Å². The van der Waals surface area contributed by atoms with Gasteiger partial charge in [0.15, 0.2) is 0 Å². The van der Waals surface area contributed by atoms with Gasteiger partial charge in [-0.1, -0.05) is 39.0 Å². The predicted octanol–water partition coefficient (Wildman–Crippen LogP) is 4.21. The summed E-state index contributed by atoms with van der Waals surface area (Å²) < 4.78 is 0. The van der Waals surface area contributed by atoms with Crippen molar-refractivity contribution in [3.05, 3.63) is 44.0 Å². The first-order valence-corrected chi connectivity index (χ1v) is 6.89. The number of rotatable bonds is 9. The smallest absolute Gasteiger partial charge is 0.258 e. The molecule has 1 aromatic carbocycles. The van der Waals surface area contributed by atoms with Gasteiger partial charge in [-0.3, -0.25) is 20.2 Å². The molecule has 1 rings (SSSR count). The van der Waals surface area contributed by atoms with Crippen LogP contribution in [0.5, 0.6) is 0 Å². The minimum atomic E-state index is -0.641. The number of aryl methyl sites for hydroxylation is 1. The molecule has 0 aromatic heterocycles. The van der Waals surface area contributed by atoms with Crippen LogP contribution in [0.4, 0.5) is 11.4 Å². The number of hydrogen-bond donors (Lipinski definition) is 0. The molecule has 0 atom stereocenters. The fraction of sp³-hybridized carbons (Fsp3) is 0.571. The van der Waals surface area contributed by atoms with Gasteiger partial charge in [-0.2, -0.15) is 0 Å². The molecule has 0 bridgehead atoms. The minimum absolute atomic E-state index is 0.239. The molecule has 0 heterocycles. The highest BCUT2D eigenvalue weighted by Crippen LogP contribution is 2.23. The fourth-order valence-electron chi connectivity index (χ4n) is 2.03. The lowest BCUT2D eigenvalue weighted by Crippen LogP contribution is -1.96. The fourth-order valence-corrected chi connectivity index (χ4v) is 2.03. The Morgan fingerprint density at radius 1 is 1.00 bits per heavy atom. The Morgan fingerprint density at radius 2 is 1.65 bits per heavy atom. The molecular weight excluding hydrogens is 260 g/mol. The molecule has 0 unspecified atom stereocenters. The van der Waals surface area contributed by atoms with E-state index in [2.05, 4.69) is 13.0 Å². The van der Waals surface area contributed by atoms with Gasteiger partial charge in [0.2, 0.25) is 0 Å². The number of benzene rings is 1. The molecule has 0 fully saturated rings. The second kappa shape index (κ2) is 8.24. The van der Waals surface area contributed by atoms with Gasteiger partial charge in [0.1, 0.15) is 0 Å². The molecule has 0 saturated carbocycles. The van der Waals surface area contributed by atoms with Gasteiger partial charge >= 0.3 is 0 Å². The van der Waals surface area contributed by atoms with E-state index in [4.69, 9.17) is 0 Å². The molecule has 1 aromatic rings. The highest BCUT2D eigenvalue weighted by Gasteiger charge is 2.16. The van der Waals surface area contributed by atoms with E-state index in [1.165, 1.54) is 25.3 Å². The van der Waals surface area contributed by atoms with Crippen molar-refractivity contribution in [1.82, 2.24) is 0 Å². The van der Waals surface area contributed by atoms with Crippen LogP contribution in [0, 0.1) is 26.3 Å². The van der Waals surface area contributed by atoms with Crippen LogP contribution >= 0.6 is 0 Å². The molecule has 0 spiro atoms. The van der Waals surface area contributed by atoms with Crippen molar-refractivity contribution in [3.8, 4) is 0 Å². The van der Waals surface area contributed by atoms with Crippen LogP contribution in [0.25, 0.3) is 0 Å². The monoisotopic (exact) mass is 279 g/mol. The largest absolute Gasteiger partial charge is 0.284 e. The van der Waals surface area contributed by atoms with E-state index in [0.717, 1.165) is 25.3 Å².